The highest BCUT2D eigenvalue weighted by atomic mass is 32.2. The summed E-state index contributed by atoms with van der Waals surface area (Å²) in [4.78, 5) is 11.3. The predicted octanol–water partition coefficient (Wildman–Crippen LogP) is 4.26. The van der Waals surface area contributed by atoms with Gasteiger partial charge >= 0.3 is 0 Å². The van der Waals surface area contributed by atoms with Crippen molar-refractivity contribution < 1.29 is 0 Å². The van der Waals surface area contributed by atoms with Crippen LogP contribution in [0, 0.1) is 0 Å². The van der Waals surface area contributed by atoms with Gasteiger partial charge in [-0.25, -0.2) is 9.97 Å². The Morgan fingerprint density at radius 3 is 2.84 bits per heavy atom. The monoisotopic (exact) mass is 293 g/mol. The molecule has 3 nitrogen and oxygen atoms in total. The van der Waals surface area contributed by atoms with Gasteiger partial charge in [0.05, 0.1) is 0 Å². The van der Waals surface area contributed by atoms with Crippen molar-refractivity contribution in [3.63, 3.8) is 0 Å². The summed E-state index contributed by atoms with van der Waals surface area (Å²) in [5.74, 6) is 0.412. The number of anilines is 1. The van der Waals surface area contributed by atoms with Crippen LogP contribution in [0.5, 0.6) is 0 Å². The largest absolute Gasteiger partial charge is 0.368 e. The van der Waals surface area contributed by atoms with Crippen LogP contribution in [0.1, 0.15) is 43.9 Å². The molecule has 19 heavy (non-hydrogen) atoms. The Balaban J connectivity index is 1.94. The summed E-state index contributed by atoms with van der Waals surface area (Å²) in [6.45, 7) is 2.18. The first-order valence-corrected chi connectivity index (χ1v) is 8.68. The molecular formula is C14H19N3S2. The van der Waals surface area contributed by atoms with E-state index in [2.05, 4.69) is 23.0 Å². The Kier molecular flexibility index (Phi) is 3.93. The van der Waals surface area contributed by atoms with E-state index >= 15 is 0 Å². The molecule has 1 aliphatic carbocycles. The number of nitrogen functional groups attached to an aromatic ring is 1. The third-order valence-corrected chi connectivity index (χ3v) is 6.12. The first kappa shape index (κ1) is 13.2. The highest BCUT2D eigenvalue weighted by Crippen LogP contribution is 2.38. The average Bonchev–Trinajstić information content (AvgIpc) is 2.83. The molecule has 0 unspecified atom stereocenters. The third-order valence-electron chi connectivity index (χ3n) is 3.61. The molecule has 102 valence electrons. The molecule has 1 fully saturated rings. The zero-order valence-electron chi connectivity index (χ0n) is 11.2. The second-order valence-corrected chi connectivity index (χ2v) is 7.45. The standard InChI is InChI=1S/C14H19N3S2/c1-2-9-8-11-12(18-9)16-14(15)17-13(11)19-10-6-4-3-5-7-10/h8,10H,2-7H2,1H3,(H2,15,16,17). The normalized spacial score (nSPS) is 17.1. The lowest BCUT2D eigenvalue weighted by molar-refractivity contribution is 0.516. The molecule has 0 aromatic carbocycles. The highest BCUT2D eigenvalue weighted by Gasteiger charge is 2.18. The maximum Gasteiger partial charge on any atom is 0.222 e. The Hall–Kier alpha value is -0.810. The van der Waals surface area contributed by atoms with Gasteiger partial charge in [-0.15, -0.1) is 23.1 Å². The number of hydrogen-bond acceptors (Lipinski definition) is 5. The summed E-state index contributed by atoms with van der Waals surface area (Å²) in [5, 5.41) is 2.99. The van der Waals surface area contributed by atoms with E-state index in [0.29, 0.717) is 11.2 Å². The number of hydrogen-bond donors (Lipinski definition) is 1. The van der Waals surface area contributed by atoms with E-state index in [1.807, 2.05) is 11.8 Å². The predicted molar refractivity (Wildman–Crippen MR) is 83.9 cm³/mol. The SMILES string of the molecule is CCc1cc2c(SC3CCCCC3)nc(N)nc2s1. The van der Waals surface area contributed by atoms with Crippen molar-refractivity contribution in [3.8, 4) is 0 Å². The molecule has 1 aliphatic rings. The highest BCUT2D eigenvalue weighted by molar-refractivity contribution is 8.00. The van der Waals surface area contributed by atoms with Crippen LogP contribution in [0.15, 0.2) is 11.1 Å². The fourth-order valence-corrected chi connectivity index (χ4v) is 4.92. The third kappa shape index (κ3) is 2.87. The van der Waals surface area contributed by atoms with Crippen molar-refractivity contribution in [3.05, 3.63) is 10.9 Å². The number of nitrogens with two attached hydrogens (primary N) is 1. The first-order valence-electron chi connectivity index (χ1n) is 6.99. The van der Waals surface area contributed by atoms with Crippen LogP contribution in [-0.2, 0) is 6.42 Å². The molecule has 2 aromatic rings. The molecule has 5 heteroatoms. The number of aryl methyl sites for hydroxylation is 1. The Bertz CT molecular complexity index is 573. The zero-order valence-corrected chi connectivity index (χ0v) is 12.8. The summed E-state index contributed by atoms with van der Waals surface area (Å²) in [6, 6.07) is 2.24. The number of rotatable bonds is 3. The van der Waals surface area contributed by atoms with Gasteiger partial charge in [0.2, 0.25) is 5.95 Å². The summed E-state index contributed by atoms with van der Waals surface area (Å²) in [6.07, 6.45) is 7.75. The summed E-state index contributed by atoms with van der Waals surface area (Å²) in [5.41, 5.74) is 5.85. The minimum Gasteiger partial charge on any atom is -0.368 e. The lowest BCUT2D eigenvalue weighted by Gasteiger charge is -2.20. The zero-order chi connectivity index (χ0) is 13.2. The van der Waals surface area contributed by atoms with Gasteiger partial charge in [0.1, 0.15) is 9.86 Å². The van der Waals surface area contributed by atoms with Gasteiger partial charge in [-0.1, -0.05) is 26.2 Å². The quantitative estimate of drug-likeness (QED) is 0.859. The van der Waals surface area contributed by atoms with Crippen LogP contribution in [0.4, 0.5) is 5.95 Å². The van der Waals surface area contributed by atoms with Crippen molar-refractivity contribution in [1.29, 1.82) is 0 Å². The lowest BCUT2D eigenvalue weighted by Crippen LogP contribution is -2.08. The van der Waals surface area contributed by atoms with Crippen molar-refractivity contribution in [2.75, 3.05) is 5.73 Å². The van der Waals surface area contributed by atoms with Crippen molar-refractivity contribution in [2.24, 2.45) is 0 Å². The van der Waals surface area contributed by atoms with Crippen LogP contribution in [0.25, 0.3) is 10.2 Å². The molecule has 0 atom stereocenters. The second-order valence-electron chi connectivity index (χ2n) is 5.05. The fourth-order valence-electron chi connectivity index (χ4n) is 2.57. The first-order chi connectivity index (χ1) is 9.26. The van der Waals surface area contributed by atoms with E-state index in [-0.39, 0.29) is 0 Å². The van der Waals surface area contributed by atoms with E-state index in [1.54, 1.807) is 11.3 Å². The molecule has 0 aliphatic heterocycles. The van der Waals surface area contributed by atoms with E-state index in [9.17, 15) is 0 Å². The molecule has 1 saturated carbocycles. The number of fused-ring (bicyclic) bond motifs is 1. The number of nitrogens with zero attached hydrogens (tertiary/aromatic N) is 2. The van der Waals surface area contributed by atoms with Crippen molar-refractivity contribution in [1.82, 2.24) is 9.97 Å². The molecule has 2 heterocycles. The van der Waals surface area contributed by atoms with Crippen LogP contribution in [0.2, 0.25) is 0 Å². The maximum absolute atomic E-state index is 5.85. The summed E-state index contributed by atoms with van der Waals surface area (Å²) >= 11 is 3.65. The Labute approximate surface area is 122 Å². The van der Waals surface area contributed by atoms with Crippen LogP contribution >= 0.6 is 23.1 Å². The van der Waals surface area contributed by atoms with Gasteiger partial charge < -0.3 is 5.73 Å². The van der Waals surface area contributed by atoms with E-state index in [0.717, 1.165) is 16.3 Å². The topological polar surface area (TPSA) is 51.8 Å². The van der Waals surface area contributed by atoms with Gasteiger partial charge in [-0.2, -0.15) is 0 Å². The van der Waals surface area contributed by atoms with Gasteiger partial charge in [-0.3, -0.25) is 0 Å². The van der Waals surface area contributed by atoms with Gasteiger partial charge in [0, 0.05) is 15.5 Å². The minimum absolute atomic E-state index is 0.412. The van der Waals surface area contributed by atoms with Gasteiger partial charge in [-0.05, 0) is 25.3 Å². The molecule has 0 bridgehead atoms. The molecule has 2 N–H and O–H groups in total. The number of thioether (sulfide) groups is 1. The van der Waals surface area contributed by atoms with Crippen LogP contribution < -0.4 is 5.73 Å². The molecule has 0 spiro atoms. The minimum atomic E-state index is 0.412. The van der Waals surface area contributed by atoms with Crippen LogP contribution in [0.3, 0.4) is 0 Å². The van der Waals surface area contributed by atoms with Crippen molar-refractivity contribution >= 4 is 39.3 Å². The molecule has 0 radical (unpaired) electrons. The Morgan fingerprint density at radius 2 is 2.11 bits per heavy atom. The number of aromatic nitrogens is 2. The summed E-state index contributed by atoms with van der Waals surface area (Å²) in [7, 11) is 0. The lowest BCUT2D eigenvalue weighted by atomic mass is 10.0. The van der Waals surface area contributed by atoms with Crippen LogP contribution in [-0.4, -0.2) is 15.2 Å². The van der Waals surface area contributed by atoms with Gasteiger partial charge in [0.25, 0.3) is 0 Å². The molecular weight excluding hydrogens is 274 g/mol. The smallest absolute Gasteiger partial charge is 0.222 e. The second kappa shape index (κ2) is 5.67. The van der Waals surface area contributed by atoms with Crippen molar-refractivity contribution in [2.45, 2.75) is 55.7 Å². The fraction of sp³-hybridized carbons (Fsp3) is 0.571. The Morgan fingerprint density at radius 1 is 1.32 bits per heavy atom. The van der Waals surface area contributed by atoms with E-state index in [4.69, 9.17) is 5.73 Å². The molecule has 2 aromatic heterocycles. The van der Waals surface area contributed by atoms with E-state index in [1.165, 1.54) is 42.4 Å². The average molecular weight is 293 g/mol. The molecule has 0 amide bonds. The molecule has 3 rings (SSSR count). The number of thiophene rings is 1. The molecule has 0 saturated heterocycles. The van der Waals surface area contributed by atoms with E-state index < -0.39 is 0 Å². The maximum atomic E-state index is 5.85. The summed E-state index contributed by atoms with van der Waals surface area (Å²) < 4.78 is 0. The van der Waals surface area contributed by atoms with Gasteiger partial charge in [0.15, 0.2) is 0 Å².